The van der Waals surface area contributed by atoms with Gasteiger partial charge in [0.2, 0.25) is 0 Å². The Bertz CT molecular complexity index is 52.8. The Balaban J connectivity index is 2.83. The zero-order valence-corrected chi connectivity index (χ0v) is 4.26. The molecule has 34 valence electrons. The normalized spacial score (nSPS) is 7.67. The highest BCUT2D eigenvalue weighted by molar-refractivity contribution is 6.20. The molecule has 0 aromatic heterocycles. The van der Waals surface area contributed by atoms with Crippen molar-refractivity contribution in [3.8, 4) is 0 Å². The maximum absolute atomic E-state index is 9.67. The summed E-state index contributed by atoms with van der Waals surface area (Å²) >= 11 is 0. The predicted molar refractivity (Wildman–Crippen MR) is 19.7 cm³/mol. The Hall–Kier alpha value is -0.353. The summed E-state index contributed by atoms with van der Waals surface area (Å²) in [5.74, 6) is -0.448. The molecule has 0 heterocycles. The summed E-state index contributed by atoms with van der Waals surface area (Å²) < 4.78 is 3.99. The van der Waals surface area contributed by atoms with Crippen molar-refractivity contribution in [2.45, 2.75) is 6.92 Å². The highest BCUT2D eigenvalue weighted by Crippen LogP contribution is 1.64. The molecule has 2 radical (unpaired) electrons. The van der Waals surface area contributed by atoms with E-state index in [1.807, 2.05) is 0 Å². The Labute approximate surface area is 38.0 Å². The number of hydrogen-bond acceptors (Lipinski definition) is 3. The largest absolute Gasteiger partial charge is 0.520 e. The van der Waals surface area contributed by atoms with Gasteiger partial charge in [-0.3, -0.25) is 4.79 Å². The monoisotopic (exact) mass is 104 g/mol. The van der Waals surface area contributed by atoms with Gasteiger partial charge < -0.3 is 9.22 Å². The van der Waals surface area contributed by atoms with Crippen molar-refractivity contribution < 1.29 is 14.0 Å². The van der Waals surface area contributed by atoms with E-state index in [2.05, 4.69) is 4.43 Å². The fourth-order valence-electron chi connectivity index (χ4n) is 0.0643. The van der Waals surface area contributed by atoms with Crippen molar-refractivity contribution in [1.82, 2.24) is 0 Å². The molecule has 0 aliphatic rings. The molecule has 0 saturated heterocycles. The molecule has 0 aromatic carbocycles. The smallest absolute Gasteiger partial charge is 0.491 e. The first kappa shape index (κ1) is 5.65. The van der Waals surface area contributed by atoms with Gasteiger partial charge in [-0.05, 0) is 0 Å². The molecule has 4 heteroatoms. The summed E-state index contributed by atoms with van der Waals surface area (Å²) in [7, 11) is -0.711. The van der Waals surface area contributed by atoms with Crippen molar-refractivity contribution in [2.24, 2.45) is 0 Å². The first-order chi connectivity index (χ1) is 2.77. The van der Waals surface area contributed by atoms with Crippen LogP contribution in [0.15, 0.2) is 0 Å². The van der Waals surface area contributed by atoms with E-state index in [9.17, 15) is 4.79 Å². The molecule has 0 aromatic rings. The molecule has 0 atom stereocenters. The molecule has 6 heavy (non-hydrogen) atoms. The van der Waals surface area contributed by atoms with E-state index in [-0.39, 0.29) is 0 Å². The summed E-state index contributed by atoms with van der Waals surface area (Å²) in [6.07, 6.45) is 0. The fraction of sp³-hybridized carbons (Fsp3) is 0.500. The molecule has 1 N–H and O–H groups in total. The summed E-state index contributed by atoms with van der Waals surface area (Å²) in [5.41, 5.74) is 0. The van der Waals surface area contributed by atoms with Crippen molar-refractivity contribution in [3.05, 3.63) is 0 Å². The summed E-state index contributed by atoms with van der Waals surface area (Å²) in [6.45, 7) is 1.24. The topological polar surface area (TPSA) is 46.5 Å². The van der Waals surface area contributed by atoms with E-state index < -0.39 is 16.0 Å². The van der Waals surface area contributed by atoms with Gasteiger partial charge in [0.15, 0.2) is 0 Å². The number of hydrogen-bond donors (Lipinski definition) is 1. The van der Waals surface area contributed by atoms with Crippen molar-refractivity contribution in [1.29, 1.82) is 0 Å². The van der Waals surface area contributed by atoms with Crippen LogP contribution in [0.2, 0.25) is 0 Å². The average molecular weight is 104 g/mol. The molecule has 0 saturated carbocycles. The maximum atomic E-state index is 9.67. The van der Waals surface area contributed by atoms with E-state index in [4.69, 9.17) is 4.80 Å². The van der Waals surface area contributed by atoms with Crippen LogP contribution in [0.25, 0.3) is 0 Å². The van der Waals surface area contributed by atoms with Gasteiger partial charge in [0, 0.05) is 6.92 Å². The second-order valence-electron chi connectivity index (χ2n) is 0.685. The van der Waals surface area contributed by atoms with E-state index >= 15 is 0 Å². The Kier molecular flexibility index (Phi) is 2.69. The van der Waals surface area contributed by atoms with Gasteiger partial charge >= 0.3 is 10.0 Å². The Morgan fingerprint density at radius 2 is 2.50 bits per heavy atom. The zero-order chi connectivity index (χ0) is 4.99. The lowest BCUT2D eigenvalue weighted by Crippen LogP contribution is -2.01. The quantitative estimate of drug-likeness (QED) is 0.437. The average Bonchev–Trinajstić information content (AvgIpc) is 1.35. The van der Waals surface area contributed by atoms with Crippen LogP contribution in [0, 0.1) is 0 Å². The molecule has 0 amide bonds. The second-order valence-corrected chi connectivity index (χ2v) is 1.07. The summed E-state index contributed by atoms with van der Waals surface area (Å²) in [5, 5.41) is 0. The third-order valence-electron chi connectivity index (χ3n) is 0.189. The standard InChI is InChI=1S/C2H4O3Si/c1-2(3)5-6-4/h4H,1H3. The van der Waals surface area contributed by atoms with E-state index in [1.165, 1.54) is 6.92 Å². The van der Waals surface area contributed by atoms with Crippen LogP contribution in [0.3, 0.4) is 0 Å². The predicted octanol–water partition coefficient (Wildman–Crippen LogP) is -0.924. The van der Waals surface area contributed by atoms with Gasteiger partial charge in [-0.15, -0.1) is 0 Å². The van der Waals surface area contributed by atoms with Crippen molar-refractivity contribution >= 4 is 16.0 Å². The molecule has 0 rings (SSSR count). The van der Waals surface area contributed by atoms with Gasteiger partial charge in [-0.25, -0.2) is 0 Å². The van der Waals surface area contributed by atoms with Crippen LogP contribution >= 0.6 is 0 Å². The SMILES string of the molecule is CC(=O)O[Si]O. The third kappa shape index (κ3) is 3.65. The van der Waals surface area contributed by atoms with Gasteiger partial charge in [0.25, 0.3) is 5.97 Å². The van der Waals surface area contributed by atoms with E-state index in [0.29, 0.717) is 0 Å². The van der Waals surface area contributed by atoms with E-state index in [1.54, 1.807) is 0 Å². The molecule has 0 unspecified atom stereocenters. The molecule has 0 spiro atoms. The zero-order valence-electron chi connectivity index (χ0n) is 3.26. The minimum Gasteiger partial charge on any atom is -0.491 e. The van der Waals surface area contributed by atoms with Gasteiger partial charge in [0.1, 0.15) is 0 Å². The third-order valence-corrected chi connectivity index (χ3v) is 0.568. The van der Waals surface area contributed by atoms with Crippen LogP contribution < -0.4 is 0 Å². The molecule has 0 fully saturated rings. The molecule has 0 bridgehead atoms. The number of carbonyl (C=O) groups is 1. The molecule has 3 nitrogen and oxygen atoms in total. The first-order valence-corrected chi connectivity index (χ1v) is 2.19. The lowest BCUT2D eigenvalue weighted by Gasteiger charge is -1.85. The second kappa shape index (κ2) is 2.86. The first-order valence-electron chi connectivity index (χ1n) is 1.34. The highest BCUT2D eigenvalue weighted by Gasteiger charge is 1.87. The molecular formula is C2H4O3Si. The van der Waals surface area contributed by atoms with Gasteiger partial charge in [0.05, 0.1) is 0 Å². The fourth-order valence-corrected chi connectivity index (χ4v) is 0.193. The van der Waals surface area contributed by atoms with Gasteiger partial charge in [-0.1, -0.05) is 0 Å². The number of carbonyl (C=O) groups excluding carboxylic acids is 1. The van der Waals surface area contributed by atoms with Crippen molar-refractivity contribution in [2.75, 3.05) is 0 Å². The lowest BCUT2D eigenvalue weighted by atomic mass is 10.9. The molecular weight excluding hydrogens is 100 g/mol. The van der Waals surface area contributed by atoms with Crippen LogP contribution in [0.5, 0.6) is 0 Å². The minimum absolute atomic E-state index is 0.448. The van der Waals surface area contributed by atoms with Crippen LogP contribution in [-0.2, 0) is 9.22 Å². The molecule has 0 aliphatic carbocycles. The maximum Gasteiger partial charge on any atom is 0.520 e. The minimum atomic E-state index is -0.711. The van der Waals surface area contributed by atoms with Crippen LogP contribution in [0.1, 0.15) is 6.92 Å². The summed E-state index contributed by atoms with van der Waals surface area (Å²) in [6, 6.07) is 0. The van der Waals surface area contributed by atoms with Crippen LogP contribution in [0.4, 0.5) is 0 Å². The van der Waals surface area contributed by atoms with Crippen molar-refractivity contribution in [3.63, 3.8) is 0 Å². The van der Waals surface area contributed by atoms with Gasteiger partial charge in [-0.2, -0.15) is 0 Å². The highest BCUT2D eigenvalue weighted by atomic mass is 28.2. The molecule has 0 aliphatic heterocycles. The van der Waals surface area contributed by atoms with Crippen LogP contribution in [-0.4, -0.2) is 20.8 Å². The van der Waals surface area contributed by atoms with E-state index in [0.717, 1.165) is 0 Å². The number of rotatable bonds is 1. The lowest BCUT2D eigenvalue weighted by molar-refractivity contribution is -0.132. The Morgan fingerprint density at radius 3 is 2.50 bits per heavy atom. The summed E-state index contributed by atoms with van der Waals surface area (Å²) in [4.78, 5) is 17.5. The Morgan fingerprint density at radius 1 is 2.00 bits per heavy atom.